The fraction of sp³-hybridized carbons (Fsp3) is 0.273. The molecule has 0 atom stereocenters. The van der Waals surface area contributed by atoms with Crippen LogP contribution in [-0.4, -0.2) is 69.8 Å². The minimum atomic E-state index is -1.82. The van der Waals surface area contributed by atoms with E-state index >= 15 is 0 Å². The van der Waals surface area contributed by atoms with Gasteiger partial charge in [-0.05, 0) is 23.8 Å². The zero-order valence-corrected chi connectivity index (χ0v) is 17.2. The van der Waals surface area contributed by atoms with Gasteiger partial charge in [0.05, 0.1) is 0 Å². The summed E-state index contributed by atoms with van der Waals surface area (Å²) in [6.45, 7) is 5.82. The molecule has 0 saturated carbocycles. The zero-order valence-electron chi connectivity index (χ0n) is 16.4. The second-order valence-electron chi connectivity index (χ2n) is 6.77. The lowest BCUT2D eigenvalue weighted by molar-refractivity contribution is -0.159. The molecule has 2 aromatic carbocycles. The summed E-state index contributed by atoms with van der Waals surface area (Å²) in [4.78, 5) is 23.0. The molecule has 0 spiro atoms. The number of aromatic hydroxyl groups is 1. The molecule has 3 rings (SSSR count). The van der Waals surface area contributed by atoms with Crippen LogP contribution in [0.2, 0.25) is 5.02 Å². The second-order valence-corrected chi connectivity index (χ2v) is 7.21. The maximum Gasteiger partial charge on any atom is 0.414 e. The Morgan fingerprint density at radius 3 is 2.13 bits per heavy atom. The van der Waals surface area contributed by atoms with E-state index < -0.39 is 11.9 Å². The Kier molecular flexibility index (Phi) is 9.34. The van der Waals surface area contributed by atoms with Gasteiger partial charge in [-0.2, -0.15) is 0 Å². The number of carboxylic acid groups (broad SMARTS) is 2. The van der Waals surface area contributed by atoms with Crippen molar-refractivity contribution in [2.24, 2.45) is 0 Å². The van der Waals surface area contributed by atoms with E-state index in [0.29, 0.717) is 10.8 Å². The van der Waals surface area contributed by atoms with Crippen molar-refractivity contribution >= 4 is 29.6 Å². The minimum Gasteiger partial charge on any atom is -0.508 e. The van der Waals surface area contributed by atoms with E-state index in [9.17, 15) is 5.11 Å². The third kappa shape index (κ3) is 8.24. The lowest BCUT2D eigenvalue weighted by atomic mass is 10.1. The average Bonchev–Trinajstić information content (AvgIpc) is 2.73. The molecule has 1 fully saturated rings. The monoisotopic (exact) mass is 432 g/mol. The number of nitrogens with zero attached hydrogens (tertiary/aromatic N) is 2. The minimum absolute atomic E-state index is 0.327. The molecule has 1 heterocycles. The Bertz CT molecular complexity index is 853. The number of benzene rings is 2. The molecule has 1 aliphatic rings. The largest absolute Gasteiger partial charge is 0.508 e. The van der Waals surface area contributed by atoms with E-state index in [1.165, 1.54) is 5.56 Å². The predicted molar refractivity (Wildman–Crippen MR) is 116 cm³/mol. The van der Waals surface area contributed by atoms with E-state index in [2.05, 4.69) is 46.2 Å². The summed E-state index contributed by atoms with van der Waals surface area (Å²) in [7, 11) is 0. The molecule has 30 heavy (non-hydrogen) atoms. The molecule has 1 aliphatic heterocycles. The van der Waals surface area contributed by atoms with Crippen molar-refractivity contribution in [2.45, 2.75) is 6.54 Å². The number of phenolic OH excluding ortho intramolecular Hbond substituents is 1. The molecule has 2 aromatic rings. The molecular weight excluding hydrogens is 408 g/mol. The summed E-state index contributed by atoms with van der Waals surface area (Å²) in [6, 6.07) is 15.6. The molecule has 0 aliphatic carbocycles. The summed E-state index contributed by atoms with van der Waals surface area (Å²) in [5.41, 5.74) is 2.15. The van der Waals surface area contributed by atoms with Crippen molar-refractivity contribution in [3.63, 3.8) is 0 Å². The first-order valence-corrected chi connectivity index (χ1v) is 9.83. The summed E-state index contributed by atoms with van der Waals surface area (Å²) in [5.74, 6) is -3.32. The maximum absolute atomic E-state index is 9.94. The first kappa shape index (κ1) is 23.4. The number of halogens is 1. The Hall–Kier alpha value is -2.87. The molecule has 1 saturated heterocycles. The van der Waals surface area contributed by atoms with Crippen molar-refractivity contribution in [1.29, 1.82) is 0 Å². The van der Waals surface area contributed by atoms with Crippen LogP contribution in [0.1, 0.15) is 11.1 Å². The van der Waals surface area contributed by atoms with Gasteiger partial charge in [0.25, 0.3) is 0 Å². The van der Waals surface area contributed by atoms with Crippen LogP contribution in [0.3, 0.4) is 0 Å². The number of piperazine rings is 1. The van der Waals surface area contributed by atoms with Crippen molar-refractivity contribution in [1.82, 2.24) is 9.80 Å². The third-order valence-corrected chi connectivity index (χ3v) is 4.79. The average molecular weight is 433 g/mol. The summed E-state index contributed by atoms with van der Waals surface area (Å²) in [5, 5.41) is 25.4. The molecule has 7 nitrogen and oxygen atoms in total. The van der Waals surface area contributed by atoms with Crippen molar-refractivity contribution in [2.75, 3.05) is 32.7 Å². The zero-order chi connectivity index (χ0) is 21.9. The highest BCUT2D eigenvalue weighted by Gasteiger charge is 2.17. The van der Waals surface area contributed by atoms with E-state index in [1.54, 1.807) is 12.1 Å². The van der Waals surface area contributed by atoms with Crippen LogP contribution < -0.4 is 0 Å². The Balaban J connectivity index is 0.000000469. The van der Waals surface area contributed by atoms with E-state index in [-0.39, 0.29) is 0 Å². The smallest absolute Gasteiger partial charge is 0.414 e. The topological polar surface area (TPSA) is 101 Å². The van der Waals surface area contributed by atoms with Gasteiger partial charge in [0.15, 0.2) is 0 Å². The van der Waals surface area contributed by atoms with Crippen LogP contribution >= 0.6 is 11.6 Å². The first-order chi connectivity index (χ1) is 14.3. The van der Waals surface area contributed by atoms with Gasteiger partial charge < -0.3 is 15.3 Å². The molecule has 8 heteroatoms. The summed E-state index contributed by atoms with van der Waals surface area (Å²) in [6.07, 6.45) is 4.41. The lowest BCUT2D eigenvalue weighted by Crippen LogP contribution is -2.45. The fourth-order valence-electron chi connectivity index (χ4n) is 2.95. The highest BCUT2D eigenvalue weighted by atomic mass is 35.5. The number of phenols is 1. The highest BCUT2D eigenvalue weighted by Crippen LogP contribution is 2.23. The molecule has 160 valence electrons. The number of hydrogen-bond acceptors (Lipinski definition) is 5. The van der Waals surface area contributed by atoms with Crippen LogP contribution in [0.15, 0.2) is 54.6 Å². The van der Waals surface area contributed by atoms with Gasteiger partial charge in [-0.3, -0.25) is 9.80 Å². The van der Waals surface area contributed by atoms with E-state index in [0.717, 1.165) is 44.8 Å². The van der Waals surface area contributed by atoms with Gasteiger partial charge in [-0.25, -0.2) is 9.59 Å². The van der Waals surface area contributed by atoms with Crippen LogP contribution in [0.5, 0.6) is 5.75 Å². The molecule has 0 amide bonds. The van der Waals surface area contributed by atoms with Crippen LogP contribution in [-0.2, 0) is 16.1 Å². The first-order valence-electron chi connectivity index (χ1n) is 9.45. The van der Waals surface area contributed by atoms with Crippen molar-refractivity contribution in [3.05, 3.63) is 70.8 Å². The quantitative estimate of drug-likeness (QED) is 0.624. The second kappa shape index (κ2) is 12.0. The predicted octanol–water partition coefficient (Wildman–Crippen LogP) is 3.03. The van der Waals surface area contributed by atoms with Gasteiger partial charge >= 0.3 is 11.9 Å². The number of carbonyl (C=O) groups is 2. The third-order valence-electron chi connectivity index (χ3n) is 4.56. The molecule has 0 radical (unpaired) electrons. The standard InChI is InChI=1S/C20H23ClN2O.C2H2O4/c21-19-8-9-20(24)18(15-19)16-23-13-11-22(12-14-23)10-4-7-17-5-2-1-3-6-17;3-1(4)2(5)6/h1-9,15,24H,10-14,16H2;(H,3,4)(H,5,6). The van der Waals surface area contributed by atoms with Gasteiger partial charge in [-0.1, -0.05) is 54.1 Å². The number of hydrogen-bond donors (Lipinski definition) is 3. The van der Waals surface area contributed by atoms with Crippen molar-refractivity contribution in [3.8, 4) is 5.75 Å². The Labute approximate surface area is 180 Å². The van der Waals surface area contributed by atoms with Gasteiger partial charge in [0, 0.05) is 49.9 Å². The summed E-state index contributed by atoms with van der Waals surface area (Å²) < 4.78 is 0. The van der Waals surface area contributed by atoms with Crippen LogP contribution in [0.25, 0.3) is 6.08 Å². The Morgan fingerprint density at radius 1 is 0.933 bits per heavy atom. The van der Waals surface area contributed by atoms with Crippen molar-refractivity contribution < 1.29 is 24.9 Å². The molecule has 0 unspecified atom stereocenters. The fourth-order valence-corrected chi connectivity index (χ4v) is 3.15. The molecular formula is C22H25ClN2O5. The maximum atomic E-state index is 9.94. The SMILES string of the molecule is O=C(O)C(=O)O.Oc1ccc(Cl)cc1CN1CCN(CC=Cc2ccccc2)CC1. The van der Waals surface area contributed by atoms with E-state index in [1.807, 2.05) is 12.1 Å². The lowest BCUT2D eigenvalue weighted by Gasteiger charge is -2.34. The normalized spacial score (nSPS) is 14.8. The van der Waals surface area contributed by atoms with Gasteiger partial charge in [0.1, 0.15) is 5.75 Å². The molecule has 0 bridgehead atoms. The summed E-state index contributed by atoms with van der Waals surface area (Å²) >= 11 is 6.02. The van der Waals surface area contributed by atoms with Crippen LogP contribution in [0.4, 0.5) is 0 Å². The van der Waals surface area contributed by atoms with Gasteiger partial charge in [-0.15, -0.1) is 0 Å². The molecule has 3 N–H and O–H groups in total. The number of aliphatic carboxylic acids is 2. The van der Waals surface area contributed by atoms with E-state index in [4.69, 9.17) is 31.4 Å². The number of carboxylic acids is 2. The van der Waals surface area contributed by atoms with Crippen LogP contribution in [0, 0.1) is 0 Å². The van der Waals surface area contributed by atoms with Gasteiger partial charge in [0.2, 0.25) is 0 Å². The Morgan fingerprint density at radius 2 is 1.53 bits per heavy atom. The highest BCUT2D eigenvalue weighted by molar-refractivity contribution is 6.30. The molecule has 0 aromatic heterocycles. The number of rotatable bonds is 5.